The minimum Gasteiger partial charge on any atom is 0 e. The third-order valence-corrected chi connectivity index (χ3v) is 0. The zero-order valence-corrected chi connectivity index (χ0v) is 7.57. The molecule has 0 aliphatic heterocycles. The van der Waals surface area contributed by atoms with Gasteiger partial charge < -0.3 is 0 Å². The molecule has 0 aromatic carbocycles. The zero-order chi connectivity index (χ0) is 3.58. The Hall–Kier alpha value is 2.24. The topological polar surface area (TPSA) is 0 Å². The number of hydrogen-bond donors (Lipinski definition) is 0. The molecule has 0 aromatic rings. The molecular formula is F3HoLa. The predicted octanol–water partition coefficient (Wildman–Crippen LogP) is 1.26. The van der Waals surface area contributed by atoms with Crippen molar-refractivity contribution in [3.63, 3.8) is 0 Å². The molecule has 0 nitrogen and oxygen atoms in total. The van der Waals surface area contributed by atoms with Crippen LogP contribution in [-0.2, 0) is 0 Å². The van der Waals surface area contributed by atoms with Gasteiger partial charge in [0.25, 0.3) is 0 Å². The van der Waals surface area contributed by atoms with Crippen molar-refractivity contribution in [1.82, 2.24) is 0 Å². The van der Waals surface area contributed by atoms with E-state index in [1.807, 2.05) is 0 Å². The molecular weight excluding hydrogens is 361 g/mol. The van der Waals surface area contributed by atoms with E-state index in [9.17, 15) is 4.81 Å². The molecule has 1 radical (unpaired) electrons. The van der Waals surface area contributed by atoms with E-state index in [1.165, 1.54) is 0 Å². The summed E-state index contributed by atoms with van der Waals surface area (Å²) in [5, 5.41) is 0. The molecule has 0 bridgehead atoms. The van der Waals surface area contributed by atoms with Crippen LogP contribution in [0.1, 0.15) is 0 Å². The fourth-order valence-corrected chi connectivity index (χ4v) is 0. The fourth-order valence-electron chi connectivity index (χ4n) is 0. The van der Waals surface area contributed by atoms with E-state index in [1.54, 1.807) is 0 Å². The number of halogens is 3. The van der Waals surface area contributed by atoms with E-state index in [0.29, 0.717) is 0 Å². The standard InChI is InChI=1S/3FH.Ho.La/h3*1H;;/q;;;;+3/p-3. The first-order chi connectivity index (χ1) is 1.73. The van der Waals surface area contributed by atoms with Crippen molar-refractivity contribution in [3.8, 4) is 0 Å². The summed E-state index contributed by atoms with van der Waals surface area (Å²) < 4.78 is 29.7. The molecule has 35 valence electrons. The van der Waals surface area contributed by atoms with E-state index < -0.39 is 32.2 Å². The summed E-state index contributed by atoms with van der Waals surface area (Å²) in [6.07, 6.45) is 0. The fraction of sp³-hybridized carbons (Fsp3) is 0. The molecule has 0 rings (SSSR count). The SMILES string of the molecule is [F][La]([F])[F].[Ho]. The monoisotopic (exact) mass is 361 g/mol. The van der Waals surface area contributed by atoms with Crippen molar-refractivity contribution in [1.29, 1.82) is 0 Å². The summed E-state index contributed by atoms with van der Waals surface area (Å²) in [6, 6.07) is 0. The largest absolute Gasteiger partial charge is 0 e. The Kier molecular flexibility index (Phi) is 12.8. The summed E-state index contributed by atoms with van der Waals surface area (Å²) in [7, 11) is 0. The van der Waals surface area contributed by atoms with Crippen LogP contribution in [0.2, 0.25) is 0 Å². The van der Waals surface area contributed by atoms with Crippen LogP contribution in [0.4, 0.5) is 4.81 Å². The molecule has 5 heavy (non-hydrogen) atoms. The van der Waals surface area contributed by atoms with Gasteiger partial charge in [0.1, 0.15) is 0 Å². The van der Waals surface area contributed by atoms with E-state index in [4.69, 9.17) is 0 Å². The van der Waals surface area contributed by atoms with Crippen molar-refractivity contribution >= 4 is 0 Å². The van der Waals surface area contributed by atoms with E-state index >= 15 is 0 Å². The summed E-state index contributed by atoms with van der Waals surface area (Å²) in [6.45, 7) is 0. The van der Waals surface area contributed by atoms with Crippen molar-refractivity contribution in [2.75, 3.05) is 0 Å². The van der Waals surface area contributed by atoms with Gasteiger partial charge in [-0.05, 0) is 0 Å². The molecule has 0 aliphatic carbocycles. The average molecular weight is 361 g/mol. The third kappa shape index (κ3) is 22.3. The molecule has 0 saturated heterocycles. The van der Waals surface area contributed by atoms with Crippen LogP contribution in [0.25, 0.3) is 0 Å². The smallest absolute Gasteiger partial charge is 0 e. The minimum atomic E-state index is -5.22. The maximum Gasteiger partial charge on any atom is 0 e. The van der Waals surface area contributed by atoms with Gasteiger partial charge in [0.05, 0.1) is 0 Å². The van der Waals surface area contributed by atoms with Crippen molar-refractivity contribution < 1.29 is 74.8 Å². The van der Waals surface area contributed by atoms with Gasteiger partial charge in [-0.3, -0.25) is 0 Å². The Morgan fingerprint density at radius 3 is 1.00 bits per heavy atom. The summed E-state index contributed by atoms with van der Waals surface area (Å²) in [5.41, 5.74) is 0. The van der Waals surface area contributed by atoms with Gasteiger partial charge in [-0.1, -0.05) is 0 Å². The Balaban J connectivity index is 0. The Morgan fingerprint density at radius 2 is 1.00 bits per heavy atom. The van der Waals surface area contributed by atoms with Crippen LogP contribution in [0.15, 0.2) is 0 Å². The van der Waals surface area contributed by atoms with Crippen LogP contribution in [-0.4, -0.2) is 0 Å². The normalized spacial score (nSPS) is 5.40. The van der Waals surface area contributed by atoms with Gasteiger partial charge in [0.2, 0.25) is 0 Å². The summed E-state index contributed by atoms with van der Waals surface area (Å²) in [4.78, 5) is 0. The number of rotatable bonds is 0. The Morgan fingerprint density at radius 1 is 1.00 bits per heavy atom. The van der Waals surface area contributed by atoms with Gasteiger partial charge in [-0.2, -0.15) is 0 Å². The molecule has 0 N–H and O–H groups in total. The maximum absolute atomic E-state index is 9.89. The molecule has 0 unspecified atom stereocenters. The van der Waals surface area contributed by atoms with Crippen LogP contribution in [0.3, 0.4) is 0 Å². The first-order valence-corrected chi connectivity index (χ1v) is 4.77. The molecule has 0 amide bonds. The molecule has 0 fully saturated rings. The van der Waals surface area contributed by atoms with Crippen molar-refractivity contribution in [3.05, 3.63) is 0 Å². The predicted molar refractivity (Wildman–Crippen MR) is 3.32 cm³/mol. The molecule has 0 atom stereocenters. The Labute approximate surface area is 73.1 Å². The maximum atomic E-state index is 9.89. The first kappa shape index (κ1) is 10.3. The van der Waals surface area contributed by atoms with E-state index in [0.717, 1.165) is 0 Å². The van der Waals surface area contributed by atoms with Gasteiger partial charge in [-0.15, -0.1) is 0 Å². The molecule has 0 aliphatic rings. The average Bonchev–Trinajstić information content (AvgIpc) is 0.811. The van der Waals surface area contributed by atoms with Crippen molar-refractivity contribution in [2.24, 2.45) is 0 Å². The first-order valence-electron chi connectivity index (χ1n) is 0.655. The molecule has 0 spiro atoms. The summed E-state index contributed by atoms with van der Waals surface area (Å²) >= 11 is -5.22. The second-order valence-electron chi connectivity index (χ2n) is 0.247. The van der Waals surface area contributed by atoms with Gasteiger partial charge >= 0.3 is 37.1 Å². The Bertz CT molecular complexity index is 11.6. The van der Waals surface area contributed by atoms with Crippen molar-refractivity contribution in [2.45, 2.75) is 0 Å². The van der Waals surface area contributed by atoms with Gasteiger partial charge in [0.15, 0.2) is 0 Å². The molecule has 0 saturated carbocycles. The molecule has 0 heterocycles. The second-order valence-corrected chi connectivity index (χ2v) is 1.80. The van der Waals surface area contributed by atoms with Gasteiger partial charge in [0, 0.05) is 37.7 Å². The second kappa shape index (κ2) is 6.24. The number of hydrogen-bond acceptors (Lipinski definition) is 0. The molecule has 5 heteroatoms. The van der Waals surface area contributed by atoms with Crippen LogP contribution in [0, 0.1) is 70.0 Å². The van der Waals surface area contributed by atoms with E-state index in [-0.39, 0.29) is 37.7 Å². The van der Waals surface area contributed by atoms with E-state index in [2.05, 4.69) is 0 Å². The van der Waals surface area contributed by atoms with Crippen LogP contribution >= 0.6 is 0 Å². The van der Waals surface area contributed by atoms with Crippen LogP contribution < -0.4 is 0 Å². The quantitative estimate of drug-likeness (QED) is 0.571. The molecule has 0 aromatic heterocycles. The summed E-state index contributed by atoms with van der Waals surface area (Å²) in [5.74, 6) is 0. The van der Waals surface area contributed by atoms with Gasteiger partial charge in [-0.25, -0.2) is 0 Å². The zero-order valence-electron chi connectivity index (χ0n) is 2.01. The third-order valence-electron chi connectivity index (χ3n) is 0. The van der Waals surface area contributed by atoms with Crippen LogP contribution in [0.5, 0.6) is 0 Å². The minimum absolute atomic E-state index is 0.